The molecule has 0 aliphatic heterocycles. The highest BCUT2D eigenvalue weighted by Crippen LogP contribution is 2.20. The summed E-state index contributed by atoms with van der Waals surface area (Å²) in [7, 11) is 0. The second kappa shape index (κ2) is 7.67. The summed E-state index contributed by atoms with van der Waals surface area (Å²) in [5, 5.41) is 11.3. The van der Waals surface area contributed by atoms with Crippen molar-refractivity contribution in [2.75, 3.05) is 6.54 Å². The first-order chi connectivity index (χ1) is 9.81. The van der Waals surface area contributed by atoms with Gasteiger partial charge in [0.05, 0.1) is 5.92 Å². The zero-order chi connectivity index (χ0) is 16.0. The molecule has 1 rings (SSSR count). The summed E-state index contributed by atoms with van der Waals surface area (Å²) in [6.07, 6.45) is -0.673. The third kappa shape index (κ3) is 5.45. The van der Waals surface area contributed by atoms with Gasteiger partial charge in [-0.3, -0.25) is 9.59 Å². The van der Waals surface area contributed by atoms with Crippen molar-refractivity contribution in [3.05, 3.63) is 29.8 Å². The summed E-state index contributed by atoms with van der Waals surface area (Å²) in [5.41, 5.74) is 1.14. The molecule has 0 fully saturated rings. The zero-order valence-corrected chi connectivity index (χ0v) is 12.9. The van der Waals surface area contributed by atoms with E-state index in [0.717, 1.165) is 5.56 Å². The van der Waals surface area contributed by atoms with Gasteiger partial charge in [0.2, 0.25) is 0 Å². The molecule has 0 spiro atoms. The predicted molar refractivity (Wildman–Crippen MR) is 80.4 cm³/mol. The summed E-state index contributed by atoms with van der Waals surface area (Å²) in [6.45, 7) is 7.45. The molecule has 5 nitrogen and oxygen atoms in total. The van der Waals surface area contributed by atoms with Gasteiger partial charge in [-0.25, -0.2) is 0 Å². The van der Waals surface area contributed by atoms with E-state index in [1.165, 1.54) is 0 Å². The van der Waals surface area contributed by atoms with Gasteiger partial charge in [0.25, 0.3) is 5.91 Å². The van der Waals surface area contributed by atoms with E-state index in [4.69, 9.17) is 9.84 Å². The van der Waals surface area contributed by atoms with Gasteiger partial charge in [-0.1, -0.05) is 32.9 Å². The number of aliphatic carboxylic acids is 1. The van der Waals surface area contributed by atoms with E-state index in [9.17, 15) is 9.59 Å². The van der Waals surface area contributed by atoms with Crippen molar-refractivity contribution in [3.8, 4) is 5.75 Å². The van der Waals surface area contributed by atoms with Crippen molar-refractivity contribution in [1.82, 2.24) is 5.32 Å². The number of carboxylic acids is 1. The number of rotatable bonds is 7. The Morgan fingerprint density at radius 1 is 1.24 bits per heavy atom. The van der Waals surface area contributed by atoms with Crippen molar-refractivity contribution >= 4 is 11.9 Å². The third-order valence-corrected chi connectivity index (χ3v) is 3.21. The number of nitrogens with one attached hydrogen (secondary N) is 1. The molecule has 1 aromatic rings. The monoisotopic (exact) mass is 293 g/mol. The number of hydrogen-bond donors (Lipinski definition) is 2. The lowest BCUT2D eigenvalue weighted by molar-refractivity contribution is -0.141. The topological polar surface area (TPSA) is 75.6 Å². The number of carbonyl (C=O) groups is 2. The molecule has 2 atom stereocenters. The number of amides is 1. The highest BCUT2D eigenvalue weighted by atomic mass is 16.5. The maximum absolute atomic E-state index is 11.9. The van der Waals surface area contributed by atoms with Crippen LogP contribution in [-0.2, 0) is 9.59 Å². The molecule has 0 saturated carbocycles. The van der Waals surface area contributed by atoms with Gasteiger partial charge in [0.15, 0.2) is 6.10 Å². The Bertz CT molecular complexity index is 499. The highest BCUT2D eigenvalue weighted by Gasteiger charge is 2.17. The molecule has 2 unspecified atom stereocenters. The van der Waals surface area contributed by atoms with Crippen LogP contribution in [0.3, 0.4) is 0 Å². The predicted octanol–water partition coefficient (Wildman–Crippen LogP) is 2.41. The summed E-state index contributed by atoms with van der Waals surface area (Å²) in [6, 6.07) is 7.61. The Kier molecular flexibility index (Phi) is 6.21. The van der Waals surface area contributed by atoms with Gasteiger partial charge in [-0.05, 0) is 30.5 Å². The second-order valence-electron chi connectivity index (χ2n) is 5.47. The zero-order valence-electron chi connectivity index (χ0n) is 12.9. The Labute approximate surface area is 125 Å². The molecule has 0 aliphatic rings. The van der Waals surface area contributed by atoms with Gasteiger partial charge in [0.1, 0.15) is 5.75 Å². The van der Waals surface area contributed by atoms with Crippen LogP contribution in [-0.4, -0.2) is 29.6 Å². The van der Waals surface area contributed by atoms with E-state index >= 15 is 0 Å². The first kappa shape index (κ1) is 17.0. The summed E-state index contributed by atoms with van der Waals surface area (Å²) in [4.78, 5) is 22.6. The summed E-state index contributed by atoms with van der Waals surface area (Å²) in [5.74, 6) is -0.860. The Morgan fingerprint density at radius 2 is 1.90 bits per heavy atom. The lowest BCUT2D eigenvalue weighted by Crippen LogP contribution is -2.39. The summed E-state index contributed by atoms with van der Waals surface area (Å²) < 4.78 is 5.60. The first-order valence-electron chi connectivity index (χ1n) is 7.08. The molecule has 0 saturated heterocycles. The molecular formula is C16H23NO4. The largest absolute Gasteiger partial charge is 0.481 e. The molecule has 2 N–H and O–H groups in total. The molecule has 0 aliphatic carbocycles. The van der Waals surface area contributed by atoms with Crippen LogP contribution in [0.15, 0.2) is 24.3 Å². The standard InChI is InChI=1S/C16H23NO4/c1-10(2)13-6-5-7-14(8-13)21-12(4)15(18)17-9-11(3)16(19)20/h5-8,10-12H,9H2,1-4H3,(H,17,18)(H,19,20). The van der Waals surface area contributed by atoms with Gasteiger partial charge >= 0.3 is 5.97 Å². The van der Waals surface area contributed by atoms with Crippen molar-refractivity contribution < 1.29 is 19.4 Å². The van der Waals surface area contributed by atoms with Gasteiger partial charge in [-0.2, -0.15) is 0 Å². The average Bonchev–Trinajstić information content (AvgIpc) is 2.44. The van der Waals surface area contributed by atoms with Crippen LogP contribution in [0.1, 0.15) is 39.2 Å². The number of hydrogen-bond acceptors (Lipinski definition) is 3. The minimum atomic E-state index is -0.937. The molecule has 21 heavy (non-hydrogen) atoms. The quantitative estimate of drug-likeness (QED) is 0.809. The molecule has 0 aromatic heterocycles. The minimum absolute atomic E-state index is 0.0912. The van der Waals surface area contributed by atoms with Gasteiger partial charge in [-0.15, -0.1) is 0 Å². The van der Waals surface area contributed by atoms with Crippen LogP contribution in [0.25, 0.3) is 0 Å². The van der Waals surface area contributed by atoms with Crippen molar-refractivity contribution in [1.29, 1.82) is 0 Å². The fourth-order valence-electron chi connectivity index (χ4n) is 1.69. The fourth-order valence-corrected chi connectivity index (χ4v) is 1.69. The van der Waals surface area contributed by atoms with E-state index in [1.807, 2.05) is 18.2 Å². The van der Waals surface area contributed by atoms with Crippen LogP contribution in [0, 0.1) is 5.92 Å². The van der Waals surface area contributed by atoms with Crippen LogP contribution in [0.2, 0.25) is 0 Å². The van der Waals surface area contributed by atoms with Gasteiger partial charge < -0.3 is 15.2 Å². The van der Waals surface area contributed by atoms with Crippen molar-refractivity contribution in [3.63, 3.8) is 0 Å². The Hall–Kier alpha value is -2.04. The third-order valence-electron chi connectivity index (χ3n) is 3.21. The maximum atomic E-state index is 11.9. The first-order valence-corrected chi connectivity index (χ1v) is 7.08. The van der Waals surface area contributed by atoms with Crippen molar-refractivity contribution in [2.24, 2.45) is 5.92 Å². The van der Waals surface area contributed by atoms with E-state index < -0.39 is 18.0 Å². The van der Waals surface area contributed by atoms with E-state index in [-0.39, 0.29) is 12.5 Å². The second-order valence-corrected chi connectivity index (χ2v) is 5.47. The Morgan fingerprint density at radius 3 is 2.48 bits per heavy atom. The van der Waals surface area contributed by atoms with Crippen LogP contribution in [0.5, 0.6) is 5.75 Å². The van der Waals surface area contributed by atoms with Crippen molar-refractivity contribution in [2.45, 2.75) is 39.7 Å². The average molecular weight is 293 g/mol. The molecule has 0 bridgehead atoms. The highest BCUT2D eigenvalue weighted by molar-refractivity contribution is 5.81. The number of benzene rings is 1. The summed E-state index contributed by atoms with van der Waals surface area (Å²) >= 11 is 0. The van der Waals surface area contributed by atoms with Crippen LogP contribution in [0.4, 0.5) is 0 Å². The molecule has 1 amide bonds. The molecule has 5 heteroatoms. The fraction of sp³-hybridized carbons (Fsp3) is 0.500. The van der Waals surface area contributed by atoms with Gasteiger partial charge in [0, 0.05) is 6.54 Å². The molecule has 0 radical (unpaired) electrons. The van der Waals surface area contributed by atoms with Crippen LogP contribution < -0.4 is 10.1 Å². The van der Waals surface area contributed by atoms with E-state index in [1.54, 1.807) is 19.9 Å². The molecular weight excluding hydrogens is 270 g/mol. The lowest BCUT2D eigenvalue weighted by Gasteiger charge is -2.16. The number of ether oxygens (including phenoxy) is 1. The molecule has 0 heterocycles. The van der Waals surface area contributed by atoms with Crippen LogP contribution >= 0.6 is 0 Å². The minimum Gasteiger partial charge on any atom is -0.481 e. The smallest absolute Gasteiger partial charge is 0.308 e. The number of carbonyl (C=O) groups excluding carboxylic acids is 1. The van der Waals surface area contributed by atoms with E-state index in [2.05, 4.69) is 19.2 Å². The number of carboxylic acid groups (broad SMARTS) is 1. The SMILES string of the molecule is CC(CNC(=O)C(C)Oc1cccc(C(C)C)c1)C(=O)O. The molecule has 116 valence electrons. The maximum Gasteiger partial charge on any atom is 0.308 e. The lowest BCUT2D eigenvalue weighted by atomic mass is 10.0. The normalized spacial score (nSPS) is 13.6. The molecule has 1 aromatic carbocycles. The van der Waals surface area contributed by atoms with E-state index in [0.29, 0.717) is 11.7 Å². The Balaban J connectivity index is 2.56.